The number of hydrogen-bond acceptors (Lipinski definition) is 7. The molecule has 0 radical (unpaired) electrons. The number of carbonyl (C=O) groups excluding carboxylic acids is 2. The topological polar surface area (TPSA) is 126 Å². The number of urea groups is 1. The Balaban J connectivity index is 1.27. The Morgan fingerprint density at radius 2 is 1.80 bits per heavy atom. The second kappa shape index (κ2) is 12.2. The number of amides is 3. The number of aromatic nitrogens is 1. The van der Waals surface area contributed by atoms with Crippen molar-refractivity contribution in [2.75, 3.05) is 13.4 Å². The molecule has 0 unspecified atom stereocenters. The maximum atomic E-state index is 13.6. The largest absolute Gasteiger partial charge is 0.456 e. The quantitative estimate of drug-likeness (QED) is 0.190. The van der Waals surface area contributed by atoms with Crippen LogP contribution in [0, 0.1) is 0 Å². The molecule has 4 heterocycles. The van der Waals surface area contributed by atoms with Gasteiger partial charge in [0.05, 0.1) is 11.7 Å². The molecule has 2 aliphatic rings. The minimum atomic E-state index is -0.429. The summed E-state index contributed by atoms with van der Waals surface area (Å²) >= 11 is 0. The molecule has 0 spiro atoms. The van der Waals surface area contributed by atoms with Crippen LogP contribution in [0.25, 0.3) is 33.6 Å². The van der Waals surface area contributed by atoms with Gasteiger partial charge in [-0.15, -0.1) is 0 Å². The van der Waals surface area contributed by atoms with Gasteiger partial charge >= 0.3 is 6.03 Å². The third-order valence-corrected chi connectivity index (χ3v) is 8.24. The summed E-state index contributed by atoms with van der Waals surface area (Å²) in [6, 6.07) is 24.2. The molecule has 5 aromatic rings. The molecule has 2 aliphatic heterocycles. The molecule has 3 aromatic carbocycles. The molecule has 0 fully saturated rings. The number of nitrogens with one attached hydrogen (secondary N) is 2. The number of rotatable bonds is 8. The van der Waals surface area contributed by atoms with Crippen molar-refractivity contribution in [3.05, 3.63) is 101 Å². The van der Waals surface area contributed by atoms with Gasteiger partial charge in [-0.2, -0.15) is 0 Å². The number of benzene rings is 3. The van der Waals surface area contributed by atoms with Gasteiger partial charge in [-0.1, -0.05) is 42.5 Å². The minimum absolute atomic E-state index is 0.0680. The molecular formula is C36H34N4O6. The molecule has 0 bridgehead atoms. The number of hydrogen-bond donors (Lipinski definition) is 3. The summed E-state index contributed by atoms with van der Waals surface area (Å²) in [5.41, 5.74) is 5.72. The number of aliphatic hydroxyl groups is 1. The number of pyridine rings is 1. The smallest absolute Gasteiger partial charge is 0.318 e. The highest BCUT2D eigenvalue weighted by molar-refractivity contribution is 5.94. The van der Waals surface area contributed by atoms with Crippen LogP contribution in [0.5, 0.6) is 11.5 Å². The summed E-state index contributed by atoms with van der Waals surface area (Å²) in [5.74, 6) is 1.68. The first-order valence-electron chi connectivity index (χ1n) is 15.4. The lowest BCUT2D eigenvalue weighted by molar-refractivity contribution is 0.0945. The molecule has 10 nitrogen and oxygen atoms in total. The van der Waals surface area contributed by atoms with E-state index >= 15 is 0 Å². The van der Waals surface area contributed by atoms with Gasteiger partial charge in [0, 0.05) is 47.8 Å². The van der Waals surface area contributed by atoms with Crippen LogP contribution in [0.1, 0.15) is 53.5 Å². The van der Waals surface area contributed by atoms with Gasteiger partial charge in [0.1, 0.15) is 17.0 Å². The Labute approximate surface area is 266 Å². The van der Waals surface area contributed by atoms with Crippen LogP contribution in [-0.4, -0.2) is 46.4 Å². The lowest BCUT2D eigenvalue weighted by atomic mass is 9.94. The first-order chi connectivity index (χ1) is 22.4. The Hall–Kier alpha value is -5.35. The second-order valence-electron chi connectivity index (χ2n) is 11.8. The maximum Gasteiger partial charge on any atom is 0.318 e. The van der Waals surface area contributed by atoms with Gasteiger partial charge in [-0.05, 0) is 67.8 Å². The van der Waals surface area contributed by atoms with Crippen molar-refractivity contribution in [2.24, 2.45) is 0 Å². The Morgan fingerprint density at radius 1 is 0.978 bits per heavy atom. The van der Waals surface area contributed by atoms with Crippen LogP contribution in [-0.2, 0) is 13.1 Å². The number of furan rings is 1. The van der Waals surface area contributed by atoms with Crippen molar-refractivity contribution in [3.63, 3.8) is 0 Å². The van der Waals surface area contributed by atoms with Crippen LogP contribution < -0.4 is 20.1 Å². The molecule has 0 saturated carbocycles. The van der Waals surface area contributed by atoms with E-state index in [0.29, 0.717) is 29.4 Å². The van der Waals surface area contributed by atoms with E-state index in [-0.39, 0.29) is 50.2 Å². The SMILES string of the molecule is CC(C)NC(=O)N1Cc2cc(C(=O)NCc3ccc4c(c3)OCO4)nc(-c3cccc(-c4cc5ccccc5o4)c3)c2[C@H]1CCO. The minimum Gasteiger partial charge on any atom is -0.456 e. The number of aliphatic hydroxyl groups excluding tert-OH is 1. The van der Waals surface area contributed by atoms with E-state index in [4.69, 9.17) is 18.9 Å². The summed E-state index contributed by atoms with van der Waals surface area (Å²) in [4.78, 5) is 33.6. The lowest BCUT2D eigenvalue weighted by Crippen LogP contribution is -2.42. The lowest BCUT2D eigenvalue weighted by Gasteiger charge is -2.26. The molecular weight excluding hydrogens is 584 g/mol. The average Bonchev–Trinajstić information content (AvgIpc) is 3.80. The highest BCUT2D eigenvalue weighted by atomic mass is 16.7. The fourth-order valence-corrected chi connectivity index (χ4v) is 6.13. The summed E-state index contributed by atoms with van der Waals surface area (Å²) in [5, 5.41) is 17.0. The Kier molecular flexibility index (Phi) is 7.79. The highest BCUT2D eigenvalue weighted by Gasteiger charge is 2.37. The number of para-hydroxylation sites is 1. The van der Waals surface area contributed by atoms with E-state index in [1.165, 1.54) is 0 Å². The number of nitrogens with zero attached hydrogens (tertiary/aromatic N) is 2. The van der Waals surface area contributed by atoms with Gasteiger partial charge in [0.2, 0.25) is 6.79 Å². The standard InChI is InChI=1S/C36H34N4O6/c1-21(2)38-36(43)40-19-26-16-27(35(42)37-18-22-10-11-30-32(14-22)45-20-44-30)39-34(33(26)28(40)12-13-41)25-8-5-7-23(15-25)31-17-24-6-3-4-9-29(24)46-31/h3-11,14-17,21,28,41H,12-13,18-20H2,1-2H3,(H,37,42)(H,38,43)/t28-/m1/s1. The van der Waals surface area contributed by atoms with Crippen molar-refractivity contribution in [1.29, 1.82) is 0 Å². The van der Waals surface area contributed by atoms with Gasteiger partial charge in [-0.25, -0.2) is 9.78 Å². The molecule has 3 amide bonds. The number of ether oxygens (including phenoxy) is 2. The zero-order valence-corrected chi connectivity index (χ0v) is 25.6. The van der Waals surface area contributed by atoms with Gasteiger partial charge in [0.25, 0.3) is 5.91 Å². The molecule has 46 heavy (non-hydrogen) atoms. The molecule has 234 valence electrons. The first-order valence-corrected chi connectivity index (χ1v) is 15.4. The molecule has 1 atom stereocenters. The fraction of sp³-hybridized carbons (Fsp3) is 0.250. The number of carbonyl (C=O) groups is 2. The van der Waals surface area contributed by atoms with E-state index in [1.807, 2.05) is 86.6 Å². The molecule has 0 aliphatic carbocycles. The van der Waals surface area contributed by atoms with Crippen molar-refractivity contribution < 1.29 is 28.6 Å². The fourth-order valence-electron chi connectivity index (χ4n) is 6.13. The van der Waals surface area contributed by atoms with Crippen LogP contribution in [0.2, 0.25) is 0 Å². The third-order valence-electron chi connectivity index (χ3n) is 8.24. The summed E-state index contributed by atoms with van der Waals surface area (Å²) in [6.45, 7) is 4.41. The summed E-state index contributed by atoms with van der Waals surface area (Å²) < 4.78 is 17.0. The maximum absolute atomic E-state index is 13.6. The molecule has 0 saturated heterocycles. The van der Waals surface area contributed by atoms with Gasteiger partial charge in [0.15, 0.2) is 11.5 Å². The molecule has 3 N–H and O–H groups in total. The van der Waals surface area contributed by atoms with Crippen molar-refractivity contribution in [2.45, 2.75) is 45.4 Å². The zero-order valence-electron chi connectivity index (χ0n) is 25.6. The van der Waals surface area contributed by atoms with Crippen LogP contribution >= 0.6 is 0 Å². The first kappa shape index (κ1) is 29.4. The van der Waals surface area contributed by atoms with Gasteiger partial charge in [-0.3, -0.25) is 4.79 Å². The van der Waals surface area contributed by atoms with Crippen LogP contribution in [0.3, 0.4) is 0 Å². The van der Waals surface area contributed by atoms with Gasteiger partial charge < -0.3 is 34.5 Å². The predicted molar refractivity (Wildman–Crippen MR) is 172 cm³/mol. The third kappa shape index (κ3) is 5.63. The second-order valence-corrected chi connectivity index (χ2v) is 11.8. The van der Waals surface area contributed by atoms with Crippen LogP contribution in [0.15, 0.2) is 83.3 Å². The zero-order chi connectivity index (χ0) is 31.8. The van der Waals surface area contributed by atoms with Crippen molar-refractivity contribution >= 4 is 22.9 Å². The Bertz CT molecular complexity index is 1920. The van der Waals surface area contributed by atoms with Crippen LogP contribution in [0.4, 0.5) is 4.79 Å². The summed E-state index contributed by atoms with van der Waals surface area (Å²) in [6.07, 6.45) is 0.326. The highest BCUT2D eigenvalue weighted by Crippen LogP contribution is 2.42. The number of fused-ring (bicyclic) bond motifs is 3. The Morgan fingerprint density at radius 3 is 2.63 bits per heavy atom. The predicted octanol–water partition coefficient (Wildman–Crippen LogP) is 6.18. The average molecular weight is 619 g/mol. The van der Waals surface area contributed by atoms with E-state index in [1.54, 1.807) is 11.0 Å². The molecule has 7 rings (SSSR count). The normalized spacial score (nSPS) is 15.0. The van der Waals surface area contributed by atoms with Crippen molar-refractivity contribution in [3.8, 4) is 34.1 Å². The van der Waals surface area contributed by atoms with E-state index in [9.17, 15) is 14.7 Å². The van der Waals surface area contributed by atoms with Crippen molar-refractivity contribution in [1.82, 2.24) is 20.5 Å². The molecule has 10 heteroatoms. The summed E-state index contributed by atoms with van der Waals surface area (Å²) in [7, 11) is 0. The molecule has 2 aromatic heterocycles. The van der Waals surface area contributed by atoms with E-state index in [2.05, 4.69) is 10.6 Å². The monoisotopic (exact) mass is 618 g/mol. The van der Waals surface area contributed by atoms with E-state index < -0.39 is 6.04 Å². The van der Waals surface area contributed by atoms with E-state index in [0.717, 1.165) is 38.8 Å².